The van der Waals surface area contributed by atoms with Gasteiger partial charge >= 0.3 is 12.3 Å². The van der Waals surface area contributed by atoms with Crippen molar-refractivity contribution < 1.29 is 41.0 Å². The molecule has 0 aliphatic carbocycles. The van der Waals surface area contributed by atoms with E-state index < -0.39 is 42.2 Å². The molecule has 0 saturated carbocycles. The zero-order valence-corrected chi connectivity index (χ0v) is 19.9. The van der Waals surface area contributed by atoms with Crippen LogP contribution >= 0.6 is 0 Å². The Morgan fingerprint density at radius 2 is 1.51 bits per heavy atom. The molecule has 0 N–H and O–H groups in total. The minimum atomic E-state index is -4.80. The third kappa shape index (κ3) is 9.03. The Balaban J connectivity index is 1.97. The van der Waals surface area contributed by atoms with E-state index in [1.807, 2.05) is 0 Å². The molecule has 0 spiro atoms. The standard InChI is InChI=1S/C26H31F5O4/c1-3-5-6-7-8-9-17-33-19-13-11-18(12-14-19)20-15-16-21(24(28)23(20)27)34-25(32)35-22(10-4-2)26(29,30)31/h11-16,22H,3-10,17H2,1-2H3. The molecule has 0 aliphatic rings. The van der Waals surface area contributed by atoms with E-state index in [-0.39, 0.29) is 12.0 Å². The summed E-state index contributed by atoms with van der Waals surface area (Å²) in [6.45, 7) is 4.20. The van der Waals surface area contributed by atoms with Crippen LogP contribution in [0.3, 0.4) is 0 Å². The first-order valence-electron chi connectivity index (χ1n) is 11.8. The second-order valence-electron chi connectivity index (χ2n) is 8.17. The molecular weight excluding hydrogens is 471 g/mol. The van der Waals surface area contributed by atoms with Crippen LogP contribution in [0.5, 0.6) is 11.5 Å². The number of hydrogen-bond donors (Lipinski definition) is 0. The molecule has 194 valence electrons. The number of carbonyl (C=O) groups is 1. The minimum Gasteiger partial charge on any atom is -0.494 e. The zero-order chi connectivity index (χ0) is 25.8. The number of rotatable bonds is 13. The summed E-state index contributed by atoms with van der Waals surface area (Å²) < 4.78 is 82.2. The van der Waals surface area contributed by atoms with E-state index in [2.05, 4.69) is 16.4 Å². The summed E-state index contributed by atoms with van der Waals surface area (Å²) in [5.41, 5.74) is 0.243. The molecule has 1 unspecified atom stereocenters. The fraction of sp³-hybridized carbons (Fsp3) is 0.500. The van der Waals surface area contributed by atoms with Crippen molar-refractivity contribution in [1.82, 2.24) is 0 Å². The Labute approximate surface area is 202 Å². The van der Waals surface area contributed by atoms with Gasteiger partial charge in [-0.2, -0.15) is 17.6 Å². The maximum absolute atomic E-state index is 14.6. The highest BCUT2D eigenvalue weighted by atomic mass is 19.4. The Kier molecular flexibility index (Phi) is 11.3. The van der Waals surface area contributed by atoms with Crippen LogP contribution in [0.4, 0.5) is 26.7 Å². The molecule has 0 bridgehead atoms. The van der Waals surface area contributed by atoms with Crippen LogP contribution < -0.4 is 9.47 Å². The van der Waals surface area contributed by atoms with E-state index >= 15 is 0 Å². The molecule has 2 aromatic carbocycles. The molecule has 35 heavy (non-hydrogen) atoms. The summed E-state index contributed by atoms with van der Waals surface area (Å²) >= 11 is 0. The summed E-state index contributed by atoms with van der Waals surface area (Å²) in [4.78, 5) is 11.7. The van der Waals surface area contributed by atoms with Gasteiger partial charge in [-0.3, -0.25) is 0 Å². The predicted molar refractivity (Wildman–Crippen MR) is 123 cm³/mol. The number of benzene rings is 2. The molecule has 0 amide bonds. The molecular formula is C26H31F5O4. The van der Waals surface area contributed by atoms with Crippen molar-refractivity contribution in [3.05, 3.63) is 48.0 Å². The fourth-order valence-electron chi connectivity index (χ4n) is 3.42. The second-order valence-corrected chi connectivity index (χ2v) is 8.17. The molecule has 2 aromatic rings. The maximum atomic E-state index is 14.6. The number of alkyl halides is 3. The lowest BCUT2D eigenvalue weighted by Gasteiger charge is -2.19. The van der Waals surface area contributed by atoms with Crippen LogP contribution in [0.25, 0.3) is 11.1 Å². The minimum absolute atomic E-state index is 0.0953. The van der Waals surface area contributed by atoms with Gasteiger partial charge in [-0.15, -0.1) is 0 Å². The third-order valence-electron chi connectivity index (χ3n) is 5.33. The average molecular weight is 503 g/mol. The van der Waals surface area contributed by atoms with Crippen LogP contribution in [0.15, 0.2) is 36.4 Å². The van der Waals surface area contributed by atoms with E-state index in [9.17, 15) is 26.7 Å². The second kappa shape index (κ2) is 13.9. The summed E-state index contributed by atoms with van der Waals surface area (Å²) in [6, 6.07) is 8.51. The smallest absolute Gasteiger partial charge is 0.494 e. The topological polar surface area (TPSA) is 44.8 Å². The molecule has 0 aromatic heterocycles. The number of halogens is 5. The first kappa shape index (κ1) is 28.4. The largest absolute Gasteiger partial charge is 0.514 e. The van der Waals surface area contributed by atoms with Gasteiger partial charge < -0.3 is 14.2 Å². The first-order chi connectivity index (χ1) is 16.7. The predicted octanol–water partition coefficient (Wildman–Crippen LogP) is 8.62. The van der Waals surface area contributed by atoms with Gasteiger partial charge in [-0.1, -0.05) is 64.5 Å². The Morgan fingerprint density at radius 1 is 0.857 bits per heavy atom. The van der Waals surface area contributed by atoms with E-state index in [4.69, 9.17) is 4.74 Å². The summed E-state index contributed by atoms with van der Waals surface area (Å²) in [5.74, 6) is -3.09. The van der Waals surface area contributed by atoms with Crippen molar-refractivity contribution in [3.63, 3.8) is 0 Å². The fourth-order valence-corrected chi connectivity index (χ4v) is 3.42. The van der Waals surface area contributed by atoms with Gasteiger partial charge in [-0.25, -0.2) is 9.18 Å². The van der Waals surface area contributed by atoms with E-state index in [1.165, 1.54) is 38.7 Å². The SMILES string of the molecule is CCCCCCCCOc1ccc(-c2ccc(OC(=O)OC(CCC)C(F)(F)F)c(F)c2F)cc1. The highest BCUT2D eigenvalue weighted by molar-refractivity contribution is 5.68. The van der Waals surface area contributed by atoms with Crippen LogP contribution in [0.1, 0.15) is 65.2 Å². The highest BCUT2D eigenvalue weighted by Gasteiger charge is 2.42. The summed E-state index contributed by atoms with van der Waals surface area (Å²) in [6.07, 6.45) is -2.53. The Morgan fingerprint density at radius 3 is 2.14 bits per heavy atom. The van der Waals surface area contributed by atoms with Crippen molar-refractivity contribution in [3.8, 4) is 22.6 Å². The van der Waals surface area contributed by atoms with Gasteiger partial charge in [0.05, 0.1) is 6.61 Å². The Hall–Kier alpha value is -2.84. The van der Waals surface area contributed by atoms with Crippen LogP contribution in [-0.4, -0.2) is 25.0 Å². The van der Waals surface area contributed by atoms with E-state index in [0.717, 1.165) is 18.9 Å². The molecule has 9 heteroatoms. The molecule has 0 radical (unpaired) electrons. The number of carbonyl (C=O) groups excluding carboxylic acids is 1. The molecule has 0 saturated heterocycles. The lowest BCUT2D eigenvalue weighted by molar-refractivity contribution is -0.208. The average Bonchev–Trinajstić information content (AvgIpc) is 2.81. The van der Waals surface area contributed by atoms with Crippen molar-refractivity contribution >= 4 is 6.16 Å². The lowest BCUT2D eigenvalue weighted by atomic mass is 10.0. The monoisotopic (exact) mass is 502 g/mol. The van der Waals surface area contributed by atoms with Crippen molar-refractivity contribution in [2.75, 3.05) is 6.61 Å². The first-order valence-corrected chi connectivity index (χ1v) is 11.8. The number of ether oxygens (including phenoxy) is 3. The van der Waals surface area contributed by atoms with Crippen molar-refractivity contribution in [2.24, 2.45) is 0 Å². The number of hydrogen-bond acceptors (Lipinski definition) is 4. The molecule has 1 atom stereocenters. The molecule has 4 nitrogen and oxygen atoms in total. The van der Waals surface area contributed by atoms with Gasteiger partial charge in [0.1, 0.15) is 5.75 Å². The van der Waals surface area contributed by atoms with Gasteiger partial charge in [0.15, 0.2) is 11.6 Å². The molecule has 2 rings (SSSR count). The van der Waals surface area contributed by atoms with Gasteiger partial charge in [0.25, 0.3) is 0 Å². The molecule has 0 heterocycles. The van der Waals surface area contributed by atoms with E-state index in [1.54, 1.807) is 24.3 Å². The maximum Gasteiger partial charge on any atom is 0.514 e. The van der Waals surface area contributed by atoms with Crippen LogP contribution in [0.2, 0.25) is 0 Å². The quantitative estimate of drug-likeness (QED) is 0.119. The zero-order valence-electron chi connectivity index (χ0n) is 19.9. The number of unbranched alkanes of at least 4 members (excludes halogenated alkanes) is 5. The van der Waals surface area contributed by atoms with Gasteiger partial charge in [-0.05, 0) is 42.7 Å². The Bertz CT molecular complexity index is 929. The van der Waals surface area contributed by atoms with Crippen molar-refractivity contribution in [2.45, 2.75) is 77.5 Å². The van der Waals surface area contributed by atoms with Crippen molar-refractivity contribution in [1.29, 1.82) is 0 Å². The normalized spacial score (nSPS) is 12.3. The highest BCUT2D eigenvalue weighted by Crippen LogP contribution is 2.32. The third-order valence-corrected chi connectivity index (χ3v) is 5.33. The van der Waals surface area contributed by atoms with Crippen LogP contribution in [0, 0.1) is 11.6 Å². The van der Waals surface area contributed by atoms with Gasteiger partial charge in [0.2, 0.25) is 11.9 Å². The molecule has 0 fully saturated rings. The summed E-state index contributed by atoms with van der Waals surface area (Å²) in [5, 5.41) is 0. The van der Waals surface area contributed by atoms with Gasteiger partial charge in [0, 0.05) is 5.56 Å². The summed E-state index contributed by atoms with van der Waals surface area (Å²) in [7, 11) is 0. The lowest BCUT2D eigenvalue weighted by Crippen LogP contribution is -2.34. The molecule has 0 aliphatic heterocycles. The van der Waals surface area contributed by atoms with E-state index in [0.29, 0.717) is 17.9 Å². The van der Waals surface area contributed by atoms with Crippen LogP contribution in [-0.2, 0) is 4.74 Å².